The number of nitrogens with one attached hydrogen (secondary N) is 1. The van der Waals surface area contributed by atoms with E-state index in [-0.39, 0.29) is 35.1 Å². The van der Waals surface area contributed by atoms with Crippen molar-refractivity contribution >= 4 is 49.8 Å². The highest BCUT2D eigenvalue weighted by Crippen LogP contribution is 2.39. The molecule has 1 amide bonds. The number of fused-ring (bicyclic) bond motifs is 1. The van der Waals surface area contributed by atoms with Gasteiger partial charge in [-0.15, -0.1) is 0 Å². The topological polar surface area (TPSA) is 101 Å². The molecule has 1 aromatic carbocycles. The molecule has 2 atom stereocenters. The van der Waals surface area contributed by atoms with Crippen molar-refractivity contribution in [1.29, 1.82) is 0 Å². The van der Waals surface area contributed by atoms with Gasteiger partial charge in [-0.3, -0.25) is 9.78 Å². The van der Waals surface area contributed by atoms with Crippen LogP contribution in [0.25, 0.3) is 11.0 Å². The number of alkyl halides is 3. The highest BCUT2D eigenvalue weighted by atomic mass is 35.5. The molecule has 1 aliphatic rings. The number of ether oxygens (including phenoxy) is 1. The second-order valence-corrected chi connectivity index (χ2v) is 12.2. The highest BCUT2D eigenvalue weighted by molar-refractivity contribution is 7.91. The molecule has 2 aromatic heterocycles. The number of rotatable bonds is 7. The molecule has 1 aliphatic heterocycles. The molecule has 13 heteroatoms. The zero-order valence-electron chi connectivity index (χ0n) is 21.5. The average Bonchev–Trinajstić information content (AvgIpc) is 2.88. The molecule has 0 aliphatic carbocycles. The van der Waals surface area contributed by atoms with Crippen molar-refractivity contribution in [3.8, 4) is 0 Å². The number of carbonyl (C=O) groups excluding carboxylic acids is 1. The van der Waals surface area contributed by atoms with Gasteiger partial charge in [-0.05, 0) is 49.6 Å². The van der Waals surface area contributed by atoms with Gasteiger partial charge in [-0.1, -0.05) is 23.7 Å². The third-order valence-corrected chi connectivity index (χ3v) is 8.86. The number of benzene rings is 1. The number of aromatic nitrogens is 2. The van der Waals surface area contributed by atoms with Gasteiger partial charge in [-0.2, -0.15) is 13.2 Å². The molecule has 210 valence electrons. The third-order valence-electron chi connectivity index (χ3n) is 6.93. The van der Waals surface area contributed by atoms with Gasteiger partial charge in [0.15, 0.2) is 6.04 Å². The van der Waals surface area contributed by atoms with Crippen LogP contribution < -0.4 is 5.32 Å². The summed E-state index contributed by atoms with van der Waals surface area (Å²) in [5.74, 6) is -1.90. The molecular weight excluding hydrogens is 557 g/mol. The first-order chi connectivity index (χ1) is 18.3. The molecule has 1 saturated heterocycles. The first kappa shape index (κ1) is 29.0. The van der Waals surface area contributed by atoms with E-state index in [1.807, 2.05) is 6.92 Å². The lowest BCUT2D eigenvalue weighted by molar-refractivity contribution is -0.190. The summed E-state index contributed by atoms with van der Waals surface area (Å²) in [6.45, 7) is 1.83. The molecule has 3 heterocycles. The van der Waals surface area contributed by atoms with Crippen LogP contribution in [0, 0.1) is 5.92 Å². The predicted molar refractivity (Wildman–Crippen MR) is 143 cm³/mol. The third kappa shape index (κ3) is 6.44. The van der Waals surface area contributed by atoms with Gasteiger partial charge in [0.1, 0.15) is 15.0 Å². The molecule has 1 N–H and O–H groups in total. The Kier molecular flexibility index (Phi) is 8.38. The SMILES string of the molecule is COC(C)c1c(Nc2ccc([C@H](N(C)C(=O)C3CCS(=O)(=O)CC3)C(F)(F)F)cc2)cnc2ccc(Cl)nc12. The van der Waals surface area contributed by atoms with E-state index in [1.165, 1.54) is 24.3 Å². The molecule has 1 unspecified atom stereocenters. The van der Waals surface area contributed by atoms with E-state index in [1.54, 1.807) is 25.4 Å². The van der Waals surface area contributed by atoms with E-state index in [9.17, 15) is 26.4 Å². The maximum atomic E-state index is 14.2. The summed E-state index contributed by atoms with van der Waals surface area (Å²) in [5.41, 5.74) is 2.73. The predicted octanol–water partition coefficient (Wildman–Crippen LogP) is 5.62. The second kappa shape index (κ2) is 11.3. The number of pyridine rings is 2. The Balaban J connectivity index is 1.60. The molecule has 3 aromatic rings. The van der Waals surface area contributed by atoms with Crippen LogP contribution in [0.5, 0.6) is 0 Å². The summed E-state index contributed by atoms with van der Waals surface area (Å²) >= 11 is 6.10. The fraction of sp³-hybridized carbons (Fsp3) is 0.423. The Hall–Kier alpha value is -2.96. The maximum absolute atomic E-state index is 14.2. The van der Waals surface area contributed by atoms with Crippen LogP contribution in [-0.2, 0) is 19.4 Å². The largest absolute Gasteiger partial charge is 0.413 e. The van der Waals surface area contributed by atoms with Crippen LogP contribution in [-0.4, -0.2) is 61.0 Å². The number of nitrogens with zero attached hydrogens (tertiary/aromatic N) is 3. The zero-order valence-corrected chi connectivity index (χ0v) is 23.1. The molecular formula is C26H28ClF3N4O4S. The minimum Gasteiger partial charge on any atom is -0.377 e. The first-order valence-electron chi connectivity index (χ1n) is 12.2. The van der Waals surface area contributed by atoms with Crippen molar-refractivity contribution in [2.75, 3.05) is 31.0 Å². The van der Waals surface area contributed by atoms with Crippen LogP contribution >= 0.6 is 11.6 Å². The Morgan fingerprint density at radius 3 is 2.38 bits per heavy atom. The normalized spacial score (nSPS) is 17.5. The number of halogens is 4. The van der Waals surface area contributed by atoms with Gasteiger partial charge in [0.05, 0.1) is 40.5 Å². The van der Waals surface area contributed by atoms with Gasteiger partial charge in [-0.25, -0.2) is 13.4 Å². The summed E-state index contributed by atoms with van der Waals surface area (Å²) in [6, 6.07) is 6.75. The zero-order chi connectivity index (χ0) is 28.5. The van der Waals surface area contributed by atoms with Gasteiger partial charge >= 0.3 is 6.18 Å². The molecule has 4 rings (SSSR count). The summed E-state index contributed by atoms with van der Waals surface area (Å²) in [7, 11) is -0.607. The smallest absolute Gasteiger partial charge is 0.377 e. The summed E-state index contributed by atoms with van der Waals surface area (Å²) in [4.78, 5) is 22.4. The van der Waals surface area contributed by atoms with E-state index < -0.39 is 40.0 Å². The van der Waals surface area contributed by atoms with Crippen molar-refractivity contribution in [1.82, 2.24) is 14.9 Å². The van der Waals surface area contributed by atoms with Crippen LogP contribution in [0.15, 0.2) is 42.6 Å². The lowest BCUT2D eigenvalue weighted by atomic mass is 9.98. The van der Waals surface area contributed by atoms with Crippen molar-refractivity contribution in [3.05, 3.63) is 58.9 Å². The molecule has 0 radical (unpaired) electrons. The number of methoxy groups -OCH3 is 1. The Labute approximate surface area is 229 Å². The molecule has 39 heavy (non-hydrogen) atoms. The molecule has 1 fully saturated rings. The van der Waals surface area contributed by atoms with Gasteiger partial charge < -0.3 is 15.0 Å². The molecule has 0 saturated carbocycles. The highest BCUT2D eigenvalue weighted by Gasteiger charge is 2.46. The van der Waals surface area contributed by atoms with Gasteiger partial charge in [0.2, 0.25) is 5.91 Å². The monoisotopic (exact) mass is 584 g/mol. The lowest BCUT2D eigenvalue weighted by Crippen LogP contribution is -2.44. The van der Waals surface area contributed by atoms with E-state index in [0.29, 0.717) is 32.9 Å². The summed E-state index contributed by atoms with van der Waals surface area (Å²) < 4.78 is 71.4. The summed E-state index contributed by atoms with van der Waals surface area (Å²) in [5, 5.41) is 3.45. The van der Waals surface area contributed by atoms with Crippen LogP contribution in [0.4, 0.5) is 24.5 Å². The quantitative estimate of drug-likeness (QED) is 0.360. The van der Waals surface area contributed by atoms with E-state index in [0.717, 1.165) is 7.05 Å². The van der Waals surface area contributed by atoms with Crippen LogP contribution in [0.3, 0.4) is 0 Å². The standard InChI is InChI=1S/C26H28ClF3N4O4S/c1-15(38-3)22-20(14-31-19-8-9-21(27)33-23(19)22)32-18-6-4-16(5-7-18)24(26(28,29)30)34(2)25(35)17-10-12-39(36,37)13-11-17/h4-9,14-15,17,24,32H,10-13H2,1-3H3/t15?,24-/m0/s1. The second-order valence-electron chi connectivity index (χ2n) is 9.53. The number of amides is 1. The maximum Gasteiger partial charge on any atom is 0.413 e. The summed E-state index contributed by atoms with van der Waals surface area (Å²) in [6.07, 6.45) is -3.52. The number of carbonyl (C=O) groups is 1. The first-order valence-corrected chi connectivity index (χ1v) is 14.4. The Morgan fingerprint density at radius 2 is 1.79 bits per heavy atom. The van der Waals surface area contributed by atoms with E-state index >= 15 is 0 Å². The Morgan fingerprint density at radius 1 is 1.15 bits per heavy atom. The van der Waals surface area contributed by atoms with Crippen molar-refractivity contribution in [2.24, 2.45) is 5.92 Å². The fourth-order valence-electron chi connectivity index (χ4n) is 4.78. The lowest BCUT2D eigenvalue weighted by Gasteiger charge is -2.34. The van der Waals surface area contributed by atoms with E-state index in [4.69, 9.17) is 16.3 Å². The van der Waals surface area contributed by atoms with Gasteiger partial charge in [0.25, 0.3) is 0 Å². The average molecular weight is 585 g/mol. The fourth-order valence-corrected chi connectivity index (χ4v) is 6.42. The van der Waals surface area contributed by atoms with E-state index in [2.05, 4.69) is 15.3 Å². The van der Waals surface area contributed by atoms with Crippen molar-refractivity contribution < 1.29 is 31.1 Å². The van der Waals surface area contributed by atoms with Crippen LogP contribution in [0.1, 0.15) is 43.0 Å². The number of hydrogen-bond acceptors (Lipinski definition) is 7. The molecule has 0 bridgehead atoms. The number of hydrogen-bond donors (Lipinski definition) is 1. The van der Waals surface area contributed by atoms with Crippen molar-refractivity contribution in [2.45, 2.75) is 38.1 Å². The molecule has 0 spiro atoms. The molecule has 8 nitrogen and oxygen atoms in total. The minimum atomic E-state index is -4.74. The minimum absolute atomic E-state index is 0.0149. The number of anilines is 2. The van der Waals surface area contributed by atoms with Crippen molar-refractivity contribution in [3.63, 3.8) is 0 Å². The Bertz CT molecular complexity index is 1450. The van der Waals surface area contributed by atoms with Gasteiger partial charge in [0, 0.05) is 31.3 Å². The number of sulfone groups is 1. The van der Waals surface area contributed by atoms with Crippen LogP contribution in [0.2, 0.25) is 5.15 Å².